The Balaban J connectivity index is 2.21. The van der Waals surface area contributed by atoms with Crippen LogP contribution in [0.2, 0.25) is 0 Å². The van der Waals surface area contributed by atoms with Crippen LogP contribution < -0.4 is 0 Å². The van der Waals surface area contributed by atoms with Gasteiger partial charge in [0.15, 0.2) is 18.0 Å². The van der Waals surface area contributed by atoms with Crippen molar-refractivity contribution in [2.24, 2.45) is 5.41 Å². The molecule has 0 aromatic carbocycles. The molecule has 2 heterocycles. The number of esters is 2. The van der Waals surface area contributed by atoms with Gasteiger partial charge in [-0.15, -0.1) is 0 Å². The molecule has 8 heteroatoms. The molecule has 2 fully saturated rings. The fourth-order valence-electron chi connectivity index (χ4n) is 2.51. The number of methoxy groups -OCH3 is 2. The first-order valence-corrected chi connectivity index (χ1v) is 6.75. The van der Waals surface area contributed by atoms with Crippen LogP contribution in [0.25, 0.3) is 0 Å². The third kappa shape index (κ3) is 3.52. The minimum absolute atomic E-state index is 0.00440. The summed E-state index contributed by atoms with van der Waals surface area (Å²) in [6.45, 7) is 1.66. The second-order valence-corrected chi connectivity index (χ2v) is 4.82. The quantitative estimate of drug-likeness (QED) is 0.494. The van der Waals surface area contributed by atoms with E-state index in [0.29, 0.717) is 26.4 Å². The van der Waals surface area contributed by atoms with Gasteiger partial charge in [-0.1, -0.05) is 0 Å². The Labute approximate surface area is 122 Å². The average molecular weight is 304 g/mol. The molecule has 2 rings (SSSR count). The van der Waals surface area contributed by atoms with Crippen LogP contribution in [-0.4, -0.2) is 65.2 Å². The molecule has 0 unspecified atom stereocenters. The van der Waals surface area contributed by atoms with Crippen LogP contribution in [0.1, 0.15) is 12.8 Å². The molecule has 2 aliphatic rings. The zero-order valence-corrected chi connectivity index (χ0v) is 12.2. The maximum absolute atomic E-state index is 12.3. The molecule has 0 spiro atoms. The Kier molecular flexibility index (Phi) is 5.51. The van der Waals surface area contributed by atoms with Crippen molar-refractivity contribution in [3.8, 4) is 0 Å². The Hall–Kier alpha value is -1.22. The van der Waals surface area contributed by atoms with Crippen LogP contribution in [-0.2, 0) is 38.0 Å². The molecule has 21 heavy (non-hydrogen) atoms. The monoisotopic (exact) mass is 304 g/mol. The fraction of sp³-hybridized carbons (Fsp3) is 0.846. The summed E-state index contributed by atoms with van der Waals surface area (Å²) in [7, 11) is 2.43. The van der Waals surface area contributed by atoms with Crippen molar-refractivity contribution in [1.82, 2.24) is 0 Å². The van der Waals surface area contributed by atoms with Crippen molar-refractivity contribution in [3.05, 3.63) is 0 Å². The van der Waals surface area contributed by atoms with Crippen LogP contribution in [0.5, 0.6) is 0 Å². The van der Waals surface area contributed by atoms with Crippen LogP contribution >= 0.6 is 0 Å². The predicted octanol–water partition coefficient (Wildman–Crippen LogP) is -0.155. The van der Waals surface area contributed by atoms with Gasteiger partial charge < -0.3 is 28.4 Å². The molecule has 2 aliphatic heterocycles. The minimum Gasteiger partial charge on any atom is -0.468 e. The van der Waals surface area contributed by atoms with Crippen molar-refractivity contribution in [2.45, 2.75) is 25.4 Å². The van der Waals surface area contributed by atoms with Crippen LogP contribution in [0.15, 0.2) is 0 Å². The maximum Gasteiger partial charge on any atom is 0.323 e. The normalized spacial score (nSPS) is 20.7. The lowest BCUT2D eigenvalue weighted by atomic mass is 9.80. The highest BCUT2D eigenvalue weighted by molar-refractivity contribution is 6.00. The zero-order chi connectivity index (χ0) is 15.3. The molecule has 0 aromatic heterocycles. The van der Waals surface area contributed by atoms with Crippen LogP contribution in [0.3, 0.4) is 0 Å². The first kappa shape index (κ1) is 16.2. The van der Waals surface area contributed by atoms with Crippen LogP contribution in [0, 0.1) is 5.41 Å². The summed E-state index contributed by atoms with van der Waals surface area (Å²) in [5.74, 6) is -1.43. The standard InChI is InChI=1S/C13H20O8/c1-16-11(14)13(12(15)17-2,7-9-18-3-4-19-9)8-10-20-5-6-21-10/h9-10H,3-8H2,1-2H3. The van der Waals surface area contributed by atoms with Gasteiger partial charge in [-0.25, -0.2) is 0 Å². The summed E-state index contributed by atoms with van der Waals surface area (Å²) in [6, 6.07) is 0. The zero-order valence-electron chi connectivity index (χ0n) is 12.2. The topological polar surface area (TPSA) is 89.5 Å². The molecule has 0 atom stereocenters. The second-order valence-electron chi connectivity index (χ2n) is 4.82. The third-order valence-electron chi connectivity index (χ3n) is 3.56. The van der Waals surface area contributed by atoms with Gasteiger partial charge in [0.2, 0.25) is 0 Å². The van der Waals surface area contributed by atoms with Gasteiger partial charge in [-0.3, -0.25) is 9.59 Å². The van der Waals surface area contributed by atoms with E-state index in [1.165, 1.54) is 14.2 Å². The first-order chi connectivity index (χ1) is 10.1. The van der Waals surface area contributed by atoms with Crippen molar-refractivity contribution in [2.75, 3.05) is 40.6 Å². The predicted molar refractivity (Wildman–Crippen MR) is 67.1 cm³/mol. The highest BCUT2D eigenvalue weighted by Gasteiger charge is 2.53. The first-order valence-electron chi connectivity index (χ1n) is 6.75. The molecule has 120 valence electrons. The summed E-state index contributed by atoms with van der Waals surface area (Å²) < 4.78 is 31.0. The SMILES string of the molecule is COC(=O)C(CC1OCCO1)(CC1OCCO1)C(=O)OC. The fourth-order valence-corrected chi connectivity index (χ4v) is 2.51. The number of hydrogen-bond donors (Lipinski definition) is 0. The lowest BCUT2D eigenvalue weighted by Gasteiger charge is -2.31. The van der Waals surface area contributed by atoms with Crippen molar-refractivity contribution < 1.29 is 38.0 Å². The highest BCUT2D eigenvalue weighted by Crippen LogP contribution is 2.36. The molecule has 0 bridgehead atoms. The average Bonchev–Trinajstić information content (AvgIpc) is 3.18. The van der Waals surface area contributed by atoms with Gasteiger partial charge >= 0.3 is 11.9 Å². The van der Waals surface area contributed by atoms with E-state index in [2.05, 4.69) is 0 Å². The summed E-state index contributed by atoms with van der Waals surface area (Å²) in [6.07, 6.45) is -1.33. The smallest absolute Gasteiger partial charge is 0.323 e. The Bertz CT molecular complexity index is 334. The molecule has 0 saturated carbocycles. The largest absolute Gasteiger partial charge is 0.468 e. The molecular weight excluding hydrogens is 284 g/mol. The Morgan fingerprint density at radius 3 is 1.48 bits per heavy atom. The number of carbonyl (C=O) groups excluding carboxylic acids is 2. The molecule has 0 N–H and O–H groups in total. The number of hydrogen-bond acceptors (Lipinski definition) is 8. The number of ether oxygens (including phenoxy) is 6. The van der Waals surface area contributed by atoms with E-state index < -0.39 is 29.9 Å². The number of rotatable bonds is 6. The summed E-state index contributed by atoms with van der Waals surface area (Å²) in [5, 5.41) is 0. The van der Waals surface area contributed by atoms with E-state index in [4.69, 9.17) is 28.4 Å². The molecule has 0 amide bonds. The van der Waals surface area contributed by atoms with Crippen LogP contribution in [0.4, 0.5) is 0 Å². The van der Waals surface area contributed by atoms with Gasteiger partial charge in [0.1, 0.15) is 0 Å². The minimum atomic E-state index is -1.58. The highest BCUT2D eigenvalue weighted by atomic mass is 16.7. The molecular formula is C13H20O8. The van der Waals surface area contributed by atoms with Gasteiger partial charge in [0.25, 0.3) is 0 Å². The van der Waals surface area contributed by atoms with E-state index in [1.54, 1.807) is 0 Å². The number of carbonyl (C=O) groups is 2. The van der Waals surface area contributed by atoms with Crippen molar-refractivity contribution in [3.63, 3.8) is 0 Å². The molecule has 0 aromatic rings. The molecule has 0 radical (unpaired) electrons. The van der Waals surface area contributed by atoms with Gasteiger partial charge in [0, 0.05) is 12.8 Å². The Morgan fingerprint density at radius 2 is 1.19 bits per heavy atom. The lowest BCUT2D eigenvalue weighted by molar-refractivity contribution is -0.185. The van der Waals surface area contributed by atoms with Gasteiger partial charge in [-0.05, 0) is 0 Å². The van der Waals surface area contributed by atoms with E-state index in [0.717, 1.165) is 0 Å². The Morgan fingerprint density at radius 1 is 0.857 bits per heavy atom. The maximum atomic E-state index is 12.3. The lowest BCUT2D eigenvalue weighted by Crippen LogP contribution is -2.46. The van der Waals surface area contributed by atoms with Gasteiger partial charge in [-0.2, -0.15) is 0 Å². The second kappa shape index (κ2) is 7.17. The van der Waals surface area contributed by atoms with E-state index >= 15 is 0 Å². The van der Waals surface area contributed by atoms with E-state index in [9.17, 15) is 9.59 Å². The third-order valence-corrected chi connectivity index (χ3v) is 3.56. The van der Waals surface area contributed by atoms with E-state index in [-0.39, 0.29) is 12.8 Å². The summed E-state index contributed by atoms with van der Waals surface area (Å²) in [4.78, 5) is 24.5. The molecule has 8 nitrogen and oxygen atoms in total. The van der Waals surface area contributed by atoms with Gasteiger partial charge in [0.05, 0.1) is 40.6 Å². The van der Waals surface area contributed by atoms with E-state index in [1.807, 2.05) is 0 Å². The molecule has 2 saturated heterocycles. The summed E-state index contributed by atoms with van der Waals surface area (Å²) >= 11 is 0. The van der Waals surface area contributed by atoms with Crippen molar-refractivity contribution in [1.29, 1.82) is 0 Å². The summed E-state index contributed by atoms with van der Waals surface area (Å²) in [5.41, 5.74) is -1.58. The molecule has 0 aliphatic carbocycles. The van der Waals surface area contributed by atoms with Crippen molar-refractivity contribution >= 4 is 11.9 Å².